The van der Waals surface area contributed by atoms with Gasteiger partial charge in [0, 0.05) is 7.05 Å². The summed E-state index contributed by atoms with van der Waals surface area (Å²) < 4.78 is 27.7. The highest BCUT2D eigenvalue weighted by atomic mass is 32.2. The third kappa shape index (κ3) is 2.88. The predicted molar refractivity (Wildman–Crippen MR) is 64.5 cm³/mol. The monoisotopic (exact) mass is 275 g/mol. The van der Waals surface area contributed by atoms with Gasteiger partial charge in [0.15, 0.2) is 0 Å². The zero-order chi connectivity index (χ0) is 14.1. The molecule has 0 radical (unpaired) electrons. The first-order valence-electron chi connectivity index (χ1n) is 5.40. The maximum absolute atomic E-state index is 12.1. The van der Waals surface area contributed by atoms with Crippen molar-refractivity contribution in [2.75, 3.05) is 0 Å². The van der Waals surface area contributed by atoms with Crippen molar-refractivity contribution < 1.29 is 18.3 Å². The van der Waals surface area contributed by atoms with Crippen molar-refractivity contribution in [3.63, 3.8) is 0 Å². The number of carboxylic acids is 1. The Morgan fingerprint density at radius 3 is 2.39 bits per heavy atom. The van der Waals surface area contributed by atoms with Crippen LogP contribution in [-0.2, 0) is 21.9 Å². The summed E-state index contributed by atoms with van der Waals surface area (Å²) in [6.45, 7) is 4.88. The van der Waals surface area contributed by atoms with Gasteiger partial charge in [-0.25, -0.2) is 8.42 Å². The molecule has 1 aromatic rings. The van der Waals surface area contributed by atoms with Gasteiger partial charge in [0.2, 0.25) is 10.0 Å². The number of carboxylic acid groups (broad SMARTS) is 1. The van der Waals surface area contributed by atoms with E-state index < -0.39 is 22.0 Å². The molecule has 8 heteroatoms. The summed E-state index contributed by atoms with van der Waals surface area (Å²) >= 11 is 0. The molecule has 1 atom stereocenters. The van der Waals surface area contributed by atoms with Gasteiger partial charge in [0.1, 0.15) is 10.9 Å². The summed E-state index contributed by atoms with van der Waals surface area (Å²) in [5.74, 6) is -1.55. The van der Waals surface area contributed by atoms with Crippen molar-refractivity contribution in [1.82, 2.24) is 14.5 Å². The number of aliphatic carboxylic acids is 1. The van der Waals surface area contributed by atoms with Crippen LogP contribution in [0, 0.1) is 12.8 Å². The molecule has 18 heavy (non-hydrogen) atoms. The zero-order valence-electron chi connectivity index (χ0n) is 10.7. The molecule has 0 amide bonds. The number of aryl methyl sites for hydroxylation is 1. The van der Waals surface area contributed by atoms with Crippen LogP contribution in [-0.4, -0.2) is 35.3 Å². The number of hydrogen-bond acceptors (Lipinski definition) is 4. The highest BCUT2D eigenvalue weighted by Crippen LogP contribution is 2.15. The van der Waals surface area contributed by atoms with Crippen LogP contribution in [0.3, 0.4) is 0 Å². The zero-order valence-corrected chi connectivity index (χ0v) is 11.5. The summed E-state index contributed by atoms with van der Waals surface area (Å²) in [6, 6.07) is -1.16. The Morgan fingerprint density at radius 2 is 2.06 bits per heavy atom. The molecule has 0 saturated carbocycles. The van der Waals surface area contributed by atoms with E-state index in [9.17, 15) is 13.2 Å². The number of aromatic nitrogens is 2. The molecular weight excluding hydrogens is 258 g/mol. The van der Waals surface area contributed by atoms with Crippen molar-refractivity contribution in [2.24, 2.45) is 13.0 Å². The maximum atomic E-state index is 12.1. The molecule has 1 heterocycles. The molecule has 0 aliphatic heterocycles. The van der Waals surface area contributed by atoms with Crippen LogP contribution in [0.15, 0.2) is 11.1 Å². The van der Waals surface area contributed by atoms with Crippen LogP contribution in [0.5, 0.6) is 0 Å². The molecule has 2 N–H and O–H groups in total. The van der Waals surface area contributed by atoms with E-state index in [1.54, 1.807) is 27.8 Å². The molecule has 0 spiro atoms. The van der Waals surface area contributed by atoms with E-state index in [1.807, 2.05) is 0 Å². The van der Waals surface area contributed by atoms with Crippen molar-refractivity contribution in [3.8, 4) is 0 Å². The van der Waals surface area contributed by atoms with E-state index in [4.69, 9.17) is 5.11 Å². The first-order chi connectivity index (χ1) is 8.16. The standard InChI is InChI=1S/C10H17N3O4S/c1-6(2)9(10(14)15)12-18(16,17)8-5-11-13(4)7(8)3/h5-6,9,12H,1-4H3,(H,14,15)/t9-/m1/s1. The molecule has 7 nitrogen and oxygen atoms in total. The number of nitrogens with one attached hydrogen (secondary N) is 1. The van der Waals surface area contributed by atoms with E-state index >= 15 is 0 Å². The van der Waals surface area contributed by atoms with Crippen molar-refractivity contribution in [3.05, 3.63) is 11.9 Å². The molecule has 0 aliphatic carbocycles. The normalized spacial score (nSPS) is 13.8. The lowest BCUT2D eigenvalue weighted by Crippen LogP contribution is -2.44. The van der Waals surface area contributed by atoms with Crippen molar-refractivity contribution in [1.29, 1.82) is 0 Å². The van der Waals surface area contributed by atoms with Crippen LogP contribution in [0.2, 0.25) is 0 Å². The highest BCUT2D eigenvalue weighted by molar-refractivity contribution is 7.89. The van der Waals surface area contributed by atoms with Gasteiger partial charge in [0.05, 0.1) is 11.9 Å². The Morgan fingerprint density at radius 1 is 1.50 bits per heavy atom. The Labute approximate surface area is 106 Å². The van der Waals surface area contributed by atoms with E-state index in [1.165, 1.54) is 10.9 Å². The third-order valence-corrected chi connectivity index (χ3v) is 4.24. The van der Waals surface area contributed by atoms with Crippen LogP contribution < -0.4 is 4.72 Å². The lowest BCUT2D eigenvalue weighted by Gasteiger charge is -2.17. The van der Waals surface area contributed by atoms with Gasteiger partial charge in [-0.1, -0.05) is 13.8 Å². The van der Waals surface area contributed by atoms with Gasteiger partial charge in [-0.3, -0.25) is 9.48 Å². The maximum Gasteiger partial charge on any atom is 0.322 e. The van der Waals surface area contributed by atoms with Crippen LogP contribution in [0.1, 0.15) is 19.5 Å². The Bertz CT molecular complexity index is 547. The van der Waals surface area contributed by atoms with Gasteiger partial charge in [-0.05, 0) is 12.8 Å². The fourth-order valence-electron chi connectivity index (χ4n) is 1.44. The average molecular weight is 275 g/mol. The van der Waals surface area contributed by atoms with E-state index in [0.717, 1.165) is 0 Å². The molecule has 0 aliphatic rings. The molecule has 0 saturated heterocycles. The van der Waals surface area contributed by atoms with Crippen molar-refractivity contribution >= 4 is 16.0 Å². The fraction of sp³-hybridized carbons (Fsp3) is 0.600. The van der Waals surface area contributed by atoms with E-state index in [-0.39, 0.29) is 10.8 Å². The Kier molecular flexibility index (Phi) is 4.12. The van der Waals surface area contributed by atoms with Gasteiger partial charge < -0.3 is 5.11 Å². The molecule has 0 fully saturated rings. The number of carbonyl (C=O) groups is 1. The van der Waals surface area contributed by atoms with Crippen LogP contribution in [0.25, 0.3) is 0 Å². The Balaban J connectivity index is 3.09. The number of rotatable bonds is 5. The third-order valence-electron chi connectivity index (χ3n) is 2.69. The lowest BCUT2D eigenvalue weighted by atomic mass is 10.1. The second-order valence-corrected chi connectivity index (χ2v) is 6.08. The summed E-state index contributed by atoms with van der Waals surface area (Å²) in [5.41, 5.74) is 0.454. The van der Waals surface area contributed by atoms with Gasteiger partial charge in [-0.2, -0.15) is 9.82 Å². The molecule has 102 valence electrons. The van der Waals surface area contributed by atoms with Crippen molar-refractivity contribution in [2.45, 2.75) is 31.7 Å². The summed E-state index contributed by atoms with van der Waals surface area (Å²) in [7, 11) is -2.26. The molecule has 0 bridgehead atoms. The van der Waals surface area contributed by atoms with Crippen LogP contribution >= 0.6 is 0 Å². The molecule has 0 unspecified atom stereocenters. The summed E-state index contributed by atoms with van der Waals surface area (Å²) in [6.07, 6.45) is 1.21. The summed E-state index contributed by atoms with van der Waals surface area (Å²) in [5, 5.41) is 12.8. The van der Waals surface area contributed by atoms with Gasteiger partial charge in [-0.15, -0.1) is 0 Å². The molecule has 1 aromatic heterocycles. The molecular formula is C10H17N3O4S. The fourth-order valence-corrected chi connectivity index (χ4v) is 2.99. The quantitative estimate of drug-likeness (QED) is 0.794. The lowest BCUT2D eigenvalue weighted by molar-refractivity contribution is -0.140. The minimum Gasteiger partial charge on any atom is -0.480 e. The minimum atomic E-state index is -3.87. The van der Waals surface area contributed by atoms with Gasteiger partial charge in [0.25, 0.3) is 0 Å². The second kappa shape index (κ2) is 5.07. The topological polar surface area (TPSA) is 101 Å². The summed E-state index contributed by atoms with van der Waals surface area (Å²) in [4.78, 5) is 11.0. The van der Waals surface area contributed by atoms with E-state index in [0.29, 0.717) is 5.69 Å². The van der Waals surface area contributed by atoms with Gasteiger partial charge >= 0.3 is 5.97 Å². The van der Waals surface area contributed by atoms with Crippen LogP contribution in [0.4, 0.5) is 0 Å². The molecule has 1 rings (SSSR count). The SMILES string of the molecule is Cc1c(S(=O)(=O)N[C@@H](C(=O)O)C(C)C)cnn1C. The Hall–Kier alpha value is -1.41. The smallest absolute Gasteiger partial charge is 0.322 e. The number of nitrogens with zero attached hydrogens (tertiary/aromatic N) is 2. The second-order valence-electron chi connectivity index (χ2n) is 4.40. The minimum absolute atomic E-state index is 0.00287. The largest absolute Gasteiger partial charge is 0.480 e. The average Bonchev–Trinajstić information content (AvgIpc) is 2.56. The first kappa shape index (κ1) is 14.7. The predicted octanol–water partition coefficient (Wildman–Crippen LogP) is 0.116. The number of hydrogen-bond donors (Lipinski definition) is 2. The van der Waals surface area contributed by atoms with E-state index in [2.05, 4.69) is 9.82 Å². The highest BCUT2D eigenvalue weighted by Gasteiger charge is 2.29. The first-order valence-corrected chi connectivity index (χ1v) is 6.89. The number of sulfonamides is 1. The molecule has 0 aromatic carbocycles.